The van der Waals surface area contributed by atoms with Crippen molar-refractivity contribution in [1.29, 1.82) is 0 Å². The van der Waals surface area contributed by atoms with E-state index in [2.05, 4.69) is 0 Å². The first-order valence-electron chi connectivity index (χ1n) is 3.30. The molecule has 0 radical (unpaired) electrons. The smallest absolute Gasteiger partial charge is 0.288 e. The van der Waals surface area contributed by atoms with Crippen molar-refractivity contribution in [3.05, 3.63) is 27.8 Å². The molecule has 15 heavy (non-hydrogen) atoms. The summed E-state index contributed by atoms with van der Waals surface area (Å²) >= 11 is 2.05. The van der Waals surface area contributed by atoms with Crippen molar-refractivity contribution in [2.75, 3.05) is 0 Å². The number of hydrogen-bond donors (Lipinski definition) is 3. The van der Waals surface area contributed by atoms with Crippen LogP contribution in [0.5, 0.6) is 0 Å². The molecule has 0 saturated carbocycles. The number of benzene rings is 1. The fourth-order valence-electron chi connectivity index (χ4n) is 0.607. The van der Waals surface area contributed by atoms with Crippen molar-refractivity contribution >= 4 is 43.7 Å². The van der Waals surface area contributed by atoms with Gasteiger partial charge >= 0.3 is 0 Å². The second-order valence-electron chi connectivity index (χ2n) is 2.17. The van der Waals surface area contributed by atoms with Gasteiger partial charge in [-0.05, 0) is 46.9 Å². The van der Waals surface area contributed by atoms with Gasteiger partial charge < -0.3 is 0 Å². The van der Waals surface area contributed by atoms with Gasteiger partial charge in [-0.25, -0.2) is 8.42 Å². The van der Waals surface area contributed by atoms with Crippen molar-refractivity contribution in [2.24, 2.45) is 0 Å². The highest BCUT2D eigenvalue weighted by Gasteiger charge is 2.07. The van der Waals surface area contributed by atoms with Gasteiger partial charge in [-0.15, -0.1) is 0 Å². The van der Waals surface area contributed by atoms with Crippen LogP contribution in [0.15, 0.2) is 29.2 Å². The van der Waals surface area contributed by atoms with E-state index in [0.717, 1.165) is 3.57 Å². The summed E-state index contributed by atoms with van der Waals surface area (Å²) in [6, 6.07) is 5.95. The van der Waals surface area contributed by atoms with Crippen LogP contribution < -0.4 is 0 Å². The summed E-state index contributed by atoms with van der Waals surface area (Å²) in [4.78, 5) is -0.0714. The normalized spacial score (nSPS) is 10.7. The van der Waals surface area contributed by atoms with E-state index in [-0.39, 0.29) is 4.90 Å². The van der Waals surface area contributed by atoms with Gasteiger partial charge in [0.05, 0.1) is 4.90 Å². The predicted octanol–water partition coefficient (Wildman–Crippen LogP) is 0.609. The lowest BCUT2D eigenvalue weighted by molar-refractivity contribution is 0.483. The molecule has 0 heterocycles. The molecule has 2 N–H and O–H groups in total. The van der Waals surface area contributed by atoms with Gasteiger partial charge in [0.15, 0.2) is 0 Å². The largest absolute Gasteiger partial charge is 0.294 e. The van der Waals surface area contributed by atoms with Crippen molar-refractivity contribution in [3.8, 4) is 0 Å². The lowest BCUT2D eigenvalue weighted by Gasteiger charge is -1.94. The minimum Gasteiger partial charge on any atom is -0.288 e. The van der Waals surface area contributed by atoms with Crippen LogP contribution in [0.1, 0.15) is 0 Å². The third kappa shape index (κ3) is 7.67. The number of hydrogen-bond acceptors (Lipinski definition) is 4. The van der Waals surface area contributed by atoms with Crippen LogP contribution in [-0.2, 0) is 21.1 Å². The molecule has 0 aliphatic carbocycles. The Morgan fingerprint density at radius 1 is 1.13 bits per heavy atom. The van der Waals surface area contributed by atoms with Gasteiger partial charge in [-0.1, -0.05) is 0 Å². The van der Waals surface area contributed by atoms with Crippen LogP contribution in [0.2, 0.25) is 0 Å². The molecular formula is C6H7IO6S2. The summed E-state index contributed by atoms with van der Waals surface area (Å²) in [7, 11) is -7.14. The van der Waals surface area contributed by atoms with E-state index in [4.69, 9.17) is 17.5 Å². The molecule has 1 aromatic rings. The van der Waals surface area contributed by atoms with Crippen molar-refractivity contribution in [1.82, 2.24) is 0 Å². The molecule has 0 unspecified atom stereocenters. The molecule has 0 aromatic heterocycles. The molecule has 6 nitrogen and oxygen atoms in total. The first-order valence-corrected chi connectivity index (χ1v) is 6.94. The Balaban J connectivity index is 0.000000423. The fraction of sp³-hybridized carbons (Fsp3) is 0. The van der Waals surface area contributed by atoms with E-state index in [1.807, 2.05) is 22.6 Å². The first-order chi connectivity index (χ1) is 6.73. The van der Waals surface area contributed by atoms with Crippen molar-refractivity contribution in [2.45, 2.75) is 4.90 Å². The molecule has 1 aromatic carbocycles. The summed E-state index contributed by atoms with van der Waals surface area (Å²) in [5.41, 5.74) is 0. The third-order valence-corrected chi connectivity index (χ3v) is 2.70. The molecule has 9 heteroatoms. The molecular weight excluding hydrogens is 359 g/mol. The zero-order chi connectivity index (χ0) is 12.1. The third-order valence-electron chi connectivity index (χ3n) is 1.11. The first kappa shape index (κ1) is 14.8. The maximum Gasteiger partial charge on any atom is 0.294 e. The van der Waals surface area contributed by atoms with E-state index in [1.54, 1.807) is 12.1 Å². The van der Waals surface area contributed by atoms with Crippen LogP contribution in [0.4, 0.5) is 0 Å². The highest BCUT2D eigenvalue weighted by Crippen LogP contribution is 2.10. The summed E-state index contributed by atoms with van der Waals surface area (Å²) in [6.45, 7) is 0. The molecule has 86 valence electrons. The Labute approximate surface area is 102 Å². The second-order valence-corrected chi connectivity index (χ2v) is 5.31. The summed E-state index contributed by atoms with van der Waals surface area (Å²) in [6.07, 6.45) is 0. The number of thiol groups is 1. The van der Waals surface area contributed by atoms with E-state index >= 15 is 0 Å². The quantitative estimate of drug-likeness (QED) is 0.382. The Kier molecular flexibility index (Phi) is 6.28. The van der Waals surface area contributed by atoms with Crippen LogP contribution >= 0.6 is 22.6 Å². The maximum atomic E-state index is 10.5. The van der Waals surface area contributed by atoms with Crippen LogP contribution in [-0.4, -0.2) is 25.9 Å². The molecule has 0 bridgehead atoms. The number of halogens is 1. The Bertz CT molecular complexity index is 467. The molecule has 0 aliphatic heterocycles. The highest BCUT2D eigenvalue weighted by molar-refractivity contribution is 14.1. The highest BCUT2D eigenvalue weighted by atomic mass is 127. The SMILES string of the molecule is O=S(=O)(O)c1ccc(I)cc1.O=[SH](=O)O. The van der Waals surface area contributed by atoms with Gasteiger partial charge in [0.2, 0.25) is 0 Å². The summed E-state index contributed by atoms with van der Waals surface area (Å²) in [5.74, 6) is 0. The average molecular weight is 366 g/mol. The van der Waals surface area contributed by atoms with E-state index < -0.39 is 21.1 Å². The van der Waals surface area contributed by atoms with Gasteiger partial charge in [0.25, 0.3) is 21.1 Å². The monoisotopic (exact) mass is 366 g/mol. The van der Waals surface area contributed by atoms with Crippen LogP contribution in [0.3, 0.4) is 0 Å². The fourth-order valence-corrected chi connectivity index (χ4v) is 1.45. The number of rotatable bonds is 1. The van der Waals surface area contributed by atoms with E-state index in [1.165, 1.54) is 12.1 Å². The second kappa shape index (κ2) is 6.37. The van der Waals surface area contributed by atoms with Crippen molar-refractivity contribution in [3.63, 3.8) is 0 Å². The standard InChI is InChI=1S/C6H5IO3S.H2O3S/c7-5-1-3-6(4-2-5)11(8,9)10;1-4(2)3/h1-4H,(H,8,9,10);4H,(H,1,2,3). The zero-order valence-corrected chi connectivity index (χ0v) is 10.9. The van der Waals surface area contributed by atoms with Crippen LogP contribution in [0.25, 0.3) is 0 Å². The lowest BCUT2D eigenvalue weighted by atomic mass is 10.4. The maximum absolute atomic E-state index is 10.5. The lowest BCUT2D eigenvalue weighted by Crippen LogP contribution is -1.96. The topological polar surface area (TPSA) is 109 Å². The Hall–Kier alpha value is -0.230. The molecule has 0 amide bonds. The predicted molar refractivity (Wildman–Crippen MR) is 61.9 cm³/mol. The van der Waals surface area contributed by atoms with Crippen molar-refractivity contribution < 1.29 is 25.9 Å². The zero-order valence-electron chi connectivity index (χ0n) is 7.07. The minimum absolute atomic E-state index is 0.0714. The molecule has 0 saturated heterocycles. The molecule has 0 atom stereocenters. The van der Waals surface area contributed by atoms with Gasteiger partial charge in [-0.2, -0.15) is 8.42 Å². The summed E-state index contributed by atoms with van der Waals surface area (Å²) < 4.78 is 54.7. The molecule has 1 rings (SSSR count). The van der Waals surface area contributed by atoms with E-state index in [0.29, 0.717) is 0 Å². The molecule has 0 aliphatic rings. The minimum atomic E-state index is -4.02. The van der Waals surface area contributed by atoms with Crippen LogP contribution in [0, 0.1) is 3.57 Å². The van der Waals surface area contributed by atoms with Gasteiger partial charge in [0.1, 0.15) is 0 Å². The Morgan fingerprint density at radius 2 is 1.47 bits per heavy atom. The molecule has 0 spiro atoms. The Morgan fingerprint density at radius 3 is 1.73 bits per heavy atom. The van der Waals surface area contributed by atoms with E-state index in [9.17, 15) is 8.42 Å². The summed E-state index contributed by atoms with van der Waals surface area (Å²) in [5, 5.41) is 0. The van der Waals surface area contributed by atoms with Gasteiger partial charge in [-0.3, -0.25) is 9.11 Å². The average Bonchev–Trinajstić information content (AvgIpc) is 2.01. The molecule has 0 fully saturated rings. The van der Waals surface area contributed by atoms with Gasteiger partial charge in [0, 0.05) is 3.57 Å².